The number of aromatic nitrogens is 1. The largest absolute Gasteiger partial charge is 0.419 e. The Morgan fingerprint density at radius 2 is 1.91 bits per heavy atom. The Morgan fingerprint density at radius 1 is 1.14 bits per heavy atom. The lowest BCUT2D eigenvalue weighted by atomic mass is 10.2. The van der Waals surface area contributed by atoms with Crippen LogP contribution in [0.2, 0.25) is 10.0 Å². The standard InChI is InChI=1S/C15H10Cl2N2O3/c1-19-12-5-2-8(6-13(12)22-15(19)21)14(20)18-9-3-4-10(16)11(17)7-9/h2-7H,1H3,(H,18,20). The first-order chi connectivity index (χ1) is 10.5. The van der Waals surface area contributed by atoms with Gasteiger partial charge in [-0.15, -0.1) is 0 Å². The van der Waals surface area contributed by atoms with Gasteiger partial charge in [0.05, 0.1) is 15.6 Å². The highest BCUT2D eigenvalue weighted by molar-refractivity contribution is 6.42. The highest BCUT2D eigenvalue weighted by atomic mass is 35.5. The van der Waals surface area contributed by atoms with Gasteiger partial charge in [-0.1, -0.05) is 23.2 Å². The first-order valence-electron chi connectivity index (χ1n) is 6.31. The number of halogens is 2. The lowest BCUT2D eigenvalue weighted by Crippen LogP contribution is -2.11. The molecule has 7 heteroatoms. The second kappa shape index (κ2) is 5.51. The van der Waals surface area contributed by atoms with Crippen molar-refractivity contribution in [1.82, 2.24) is 4.57 Å². The van der Waals surface area contributed by atoms with Crippen LogP contribution in [0.1, 0.15) is 10.4 Å². The Kier molecular flexibility index (Phi) is 3.68. The molecular weight excluding hydrogens is 327 g/mol. The first kappa shape index (κ1) is 14.7. The molecule has 1 aromatic heterocycles. The Morgan fingerprint density at radius 3 is 2.64 bits per heavy atom. The maximum Gasteiger partial charge on any atom is 0.419 e. The fourth-order valence-corrected chi connectivity index (χ4v) is 2.35. The number of anilines is 1. The minimum atomic E-state index is -0.475. The molecule has 1 amide bonds. The van der Waals surface area contributed by atoms with Crippen molar-refractivity contribution in [1.29, 1.82) is 0 Å². The van der Waals surface area contributed by atoms with E-state index >= 15 is 0 Å². The zero-order valence-corrected chi connectivity index (χ0v) is 12.9. The summed E-state index contributed by atoms with van der Waals surface area (Å²) in [6, 6.07) is 9.59. The summed E-state index contributed by atoms with van der Waals surface area (Å²) in [5.41, 5.74) is 1.87. The third-order valence-corrected chi connectivity index (χ3v) is 3.97. The molecule has 0 saturated heterocycles. The van der Waals surface area contributed by atoms with E-state index in [4.69, 9.17) is 27.6 Å². The number of rotatable bonds is 2. The Hall–Kier alpha value is -2.24. The molecule has 1 N–H and O–H groups in total. The van der Waals surface area contributed by atoms with Gasteiger partial charge in [0.1, 0.15) is 0 Å². The van der Waals surface area contributed by atoms with Crippen LogP contribution in [0.5, 0.6) is 0 Å². The highest BCUT2D eigenvalue weighted by Crippen LogP contribution is 2.25. The Bertz CT molecular complexity index is 944. The van der Waals surface area contributed by atoms with Gasteiger partial charge in [-0.3, -0.25) is 9.36 Å². The summed E-state index contributed by atoms with van der Waals surface area (Å²) in [4.78, 5) is 23.7. The van der Waals surface area contributed by atoms with Crippen molar-refractivity contribution in [2.75, 3.05) is 5.32 Å². The van der Waals surface area contributed by atoms with E-state index in [9.17, 15) is 9.59 Å². The lowest BCUT2D eigenvalue weighted by molar-refractivity contribution is 0.102. The molecule has 3 rings (SSSR count). The number of benzene rings is 2. The number of hydrogen-bond donors (Lipinski definition) is 1. The molecular formula is C15H10Cl2N2O3. The number of amides is 1. The topological polar surface area (TPSA) is 64.2 Å². The summed E-state index contributed by atoms with van der Waals surface area (Å²) in [5.74, 6) is -0.816. The fraction of sp³-hybridized carbons (Fsp3) is 0.0667. The predicted molar refractivity (Wildman–Crippen MR) is 85.9 cm³/mol. The summed E-state index contributed by atoms with van der Waals surface area (Å²) < 4.78 is 6.43. The molecule has 0 unspecified atom stereocenters. The third-order valence-electron chi connectivity index (χ3n) is 3.23. The second-order valence-electron chi connectivity index (χ2n) is 4.69. The van der Waals surface area contributed by atoms with Crippen molar-refractivity contribution in [2.24, 2.45) is 7.05 Å². The van der Waals surface area contributed by atoms with Crippen molar-refractivity contribution in [3.63, 3.8) is 0 Å². The summed E-state index contributed by atoms with van der Waals surface area (Å²) >= 11 is 11.7. The van der Waals surface area contributed by atoms with Crippen LogP contribution in [0.3, 0.4) is 0 Å². The van der Waals surface area contributed by atoms with Crippen molar-refractivity contribution in [2.45, 2.75) is 0 Å². The zero-order valence-electron chi connectivity index (χ0n) is 11.4. The third kappa shape index (κ3) is 2.61. The van der Waals surface area contributed by atoms with Gasteiger partial charge in [0.2, 0.25) is 0 Å². The van der Waals surface area contributed by atoms with Crippen molar-refractivity contribution < 1.29 is 9.21 Å². The molecule has 0 aliphatic rings. The summed E-state index contributed by atoms with van der Waals surface area (Å²) in [7, 11) is 1.60. The normalized spacial score (nSPS) is 10.9. The van der Waals surface area contributed by atoms with Crippen LogP contribution in [-0.4, -0.2) is 10.5 Å². The lowest BCUT2D eigenvalue weighted by Gasteiger charge is -2.06. The van der Waals surface area contributed by atoms with Gasteiger partial charge in [-0.25, -0.2) is 4.79 Å². The molecule has 0 radical (unpaired) electrons. The van der Waals surface area contributed by atoms with Crippen LogP contribution in [0.25, 0.3) is 11.1 Å². The maximum atomic E-state index is 12.2. The molecule has 2 aromatic carbocycles. The number of oxazole rings is 1. The molecule has 0 aliphatic heterocycles. The molecule has 0 bridgehead atoms. The van der Waals surface area contributed by atoms with E-state index in [1.165, 1.54) is 10.6 Å². The van der Waals surface area contributed by atoms with Crippen molar-refractivity contribution >= 4 is 45.9 Å². The molecule has 22 heavy (non-hydrogen) atoms. The van der Waals surface area contributed by atoms with Crippen LogP contribution >= 0.6 is 23.2 Å². The SMILES string of the molecule is Cn1c(=O)oc2cc(C(=O)Nc3ccc(Cl)c(Cl)c3)ccc21. The monoisotopic (exact) mass is 336 g/mol. The van der Waals surface area contributed by atoms with Gasteiger partial charge in [0, 0.05) is 18.3 Å². The quantitative estimate of drug-likeness (QED) is 0.776. The van der Waals surface area contributed by atoms with E-state index in [0.29, 0.717) is 32.4 Å². The molecule has 5 nitrogen and oxygen atoms in total. The molecule has 0 spiro atoms. The number of carbonyl (C=O) groups is 1. The van der Waals surface area contributed by atoms with Gasteiger partial charge in [-0.2, -0.15) is 0 Å². The second-order valence-corrected chi connectivity index (χ2v) is 5.51. The average molecular weight is 337 g/mol. The van der Waals surface area contributed by atoms with E-state index in [1.807, 2.05) is 0 Å². The van der Waals surface area contributed by atoms with Gasteiger partial charge in [0.25, 0.3) is 5.91 Å². The first-order valence-corrected chi connectivity index (χ1v) is 7.07. The van der Waals surface area contributed by atoms with Crippen LogP contribution in [0.4, 0.5) is 5.69 Å². The van der Waals surface area contributed by atoms with E-state index in [2.05, 4.69) is 5.32 Å². The zero-order chi connectivity index (χ0) is 15.9. The van der Waals surface area contributed by atoms with Crippen molar-refractivity contribution in [3.8, 4) is 0 Å². The summed E-state index contributed by atoms with van der Waals surface area (Å²) in [5, 5.41) is 3.46. The molecule has 0 aliphatic carbocycles. The highest BCUT2D eigenvalue weighted by Gasteiger charge is 2.12. The fourth-order valence-electron chi connectivity index (χ4n) is 2.05. The number of carbonyl (C=O) groups excluding carboxylic acids is 1. The van der Waals surface area contributed by atoms with E-state index in [-0.39, 0.29) is 5.91 Å². The van der Waals surface area contributed by atoms with Gasteiger partial charge < -0.3 is 9.73 Å². The minimum absolute atomic E-state index is 0.341. The molecule has 0 fully saturated rings. The molecule has 1 heterocycles. The number of aryl methyl sites for hydroxylation is 1. The van der Waals surface area contributed by atoms with Gasteiger partial charge in [0.15, 0.2) is 5.58 Å². The molecule has 3 aromatic rings. The molecule has 0 atom stereocenters. The number of nitrogens with one attached hydrogen (secondary N) is 1. The Labute approximate surface area is 135 Å². The number of fused-ring (bicyclic) bond motifs is 1. The Balaban J connectivity index is 1.91. The number of nitrogens with zero attached hydrogens (tertiary/aromatic N) is 1. The average Bonchev–Trinajstić information content (AvgIpc) is 2.77. The van der Waals surface area contributed by atoms with Gasteiger partial charge in [-0.05, 0) is 36.4 Å². The predicted octanol–water partition coefficient (Wildman–Crippen LogP) is 3.69. The van der Waals surface area contributed by atoms with Crippen LogP contribution in [0, 0.1) is 0 Å². The van der Waals surface area contributed by atoms with Gasteiger partial charge >= 0.3 is 5.76 Å². The summed E-state index contributed by atoms with van der Waals surface area (Å²) in [6.07, 6.45) is 0. The summed E-state index contributed by atoms with van der Waals surface area (Å²) in [6.45, 7) is 0. The molecule has 112 valence electrons. The van der Waals surface area contributed by atoms with Crippen LogP contribution < -0.4 is 11.1 Å². The van der Waals surface area contributed by atoms with Crippen LogP contribution in [0.15, 0.2) is 45.6 Å². The van der Waals surface area contributed by atoms with Crippen LogP contribution in [-0.2, 0) is 7.05 Å². The van der Waals surface area contributed by atoms with E-state index < -0.39 is 5.76 Å². The van der Waals surface area contributed by atoms with E-state index in [1.54, 1.807) is 37.4 Å². The smallest absolute Gasteiger partial charge is 0.408 e. The van der Waals surface area contributed by atoms with E-state index in [0.717, 1.165) is 0 Å². The van der Waals surface area contributed by atoms with Crippen molar-refractivity contribution in [3.05, 3.63) is 62.6 Å². The number of hydrogen-bond acceptors (Lipinski definition) is 3. The maximum absolute atomic E-state index is 12.2. The minimum Gasteiger partial charge on any atom is -0.408 e. The molecule has 0 saturated carbocycles.